The Labute approximate surface area is 182 Å². The summed E-state index contributed by atoms with van der Waals surface area (Å²) < 4.78 is 10.6. The number of hydrogen-bond acceptors (Lipinski definition) is 6. The van der Waals surface area contributed by atoms with Crippen LogP contribution in [0.4, 0.5) is 5.82 Å². The summed E-state index contributed by atoms with van der Waals surface area (Å²) in [6, 6.07) is 13.7. The number of carbonyl (C=O) groups excluding carboxylic acids is 1. The van der Waals surface area contributed by atoms with Gasteiger partial charge in [0.1, 0.15) is 5.82 Å². The zero-order chi connectivity index (χ0) is 21.6. The van der Waals surface area contributed by atoms with Crippen molar-refractivity contribution in [3.8, 4) is 11.5 Å². The van der Waals surface area contributed by atoms with Gasteiger partial charge < -0.3 is 19.7 Å². The summed E-state index contributed by atoms with van der Waals surface area (Å²) in [7, 11) is 3.24. The molecule has 4 rings (SSSR count). The summed E-state index contributed by atoms with van der Waals surface area (Å²) >= 11 is 0. The lowest BCUT2D eigenvalue weighted by atomic mass is 9.97. The fraction of sp³-hybridized carbons (Fsp3) is 0.375. The van der Waals surface area contributed by atoms with Gasteiger partial charge in [0, 0.05) is 19.6 Å². The van der Waals surface area contributed by atoms with Gasteiger partial charge in [0.15, 0.2) is 11.5 Å². The van der Waals surface area contributed by atoms with Crippen LogP contribution < -0.4 is 19.7 Å². The zero-order valence-electron chi connectivity index (χ0n) is 18.0. The molecule has 1 aliphatic rings. The van der Waals surface area contributed by atoms with Crippen LogP contribution in [0.15, 0.2) is 48.7 Å². The number of para-hydroxylation sites is 2. The fourth-order valence-corrected chi connectivity index (χ4v) is 4.01. The Morgan fingerprint density at radius 3 is 2.74 bits per heavy atom. The maximum absolute atomic E-state index is 12.8. The van der Waals surface area contributed by atoms with Crippen LogP contribution in [0.1, 0.15) is 18.4 Å². The highest BCUT2D eigenvalue weighted by Gasteiger charge is 2.26. The normalized spacial score (nSPS) is 16.2. The number of amides is 1. The molecule has 1 atom stereocenters. The van der Waals surface area contributed by atoms with Crippen LogP contribution in [-0.2, 0) is 11.2 Å². The lowest BCUT2D eigenvalue weighted by Crippen LogP contribution is -2.43. The van der Waals surface area contributed by atoms with Crippen molar-refractivity contribution in [2.75, 3.05) is 38.8 Å². The van der Waals surface area contributed by atoms with E-state index in [2.05, 4.69) is 15.2 Å². The Morgan fingerprint density at radius 2 is 1.94 bits per heavy atom. The number of fused-ring (bicyclic) bond motifs is 1. The van der Waals surface area contributed by atoms with Crippen LogP contribution in [0.2, 0.25) is 0 Å². The van der Waals surface area contributed by atoms with Crippen molar-refractivity contribution in [1.29, 1.82) is 0 Å². The summed E-state index contributed by atoms with van der Waals surface area (Å²) in [4.78, 5) is 24.2. The molecule has 2 aromatic carbocycles. The molecule has 1 N–H and O–H groups in total. The first kappa shape index (κ1) is 20.9. The molecule has 0 saturated carbocycles. The molecule has 1 saturated heterocycles. The highest BCUT2D eigenvalue weighted by Crippen LogP contribution is 2.27. The van der Waals surface area contributed by atoms with E-state index in [-0.39, 0.29) is 11.8 Å². The smallest absolute Gasteiger partial charge is 0.224 e. The quantitative estimate of drug-likeness (QED) is 0.633. The minimum Gasteiger partial charge on any atom is -0.493 e. The number of anilines is 1. The maximum Gasteiger partial charge on any atom is 0.224 e. The molecular formula is C24H28N4O3. The first-order valence-electron chi connectivity index (χ1n) is 10.6. The average molecular weight is 421 g/mol. The standard InChI is InChI=1S/C24H28N4O3/c1-30-21-10-9-17(14-22(21)31-2)11-12-25-24(29)18-6-5-13-28(16-18)23-15-26-19-7-3-4-8-20(19)27-23/h3-4,7-10,14-15,18H,5-6,11-13,16H2,1-2H3,(H,25,29)/t18-/m0/s1. The van der Waals surface area contributed by atoms with Gasteiger partial charge in [-0.15, -0.1) is 0 Å². The lowest BCUT2D eigenvalue weighted by molar-refractivity contribution is -0.125. The van der Waals surface area contributed by atoms with E-state index in [9.17, 15) is 4.79 Å². The summed E-state index contributed by atoms with van der Waals surface area (Å²) in [5, 5.41) is 3.09. The Kier molecular flexibility index (Phi) is 6.50. The van der Waals surface area contributed by atoms with E-state index in [4.69, 9.17) is 14.5 Å². The van der Waals surface area contributed by atoms with Crippen molar-refractivity contribution in [3.05, 3.63) is 54.2 Å². The van der Waals surface area contributed by atoms with Crippen LogP contribution in [0, 0.1) is 5.92 Å². The molecule has 31 heavy (non-hydrogen) atoms. The number of ether oxygens (including phenoxy) is 2. The summed E-state index contributed by atoms with van der Waals surface area (Å²) in [6.45, 7) is 2.14. The minimum atomic E-state index is -0.0487. The van der Waals surface area contributed by atoms with Crippen LogP contribution in [0.5, 0.6) is 11.5 Å². The monoisotopic (exact) mass is 420 g/mol. The molecule has 1 aliphatic heterocycles. The molecule has 1 fully saturated rings. The molecule has 7 nitrogen and oxygen atoms in total. The van der Waals surface area contributed by atoms with Gasteiger partial charge in [-0.1, -0.05) is 18.2 Å². The molecule has 0 radical (unpaired) electrons. The number of nitrogens with one attached hydrogen (secondary N) is 1. The van der Waals surface area contributed by atoms with Gasteiger partial charge in [0.05, 0.1) is 37.4 Å². The fourth-order valence-electron chi connectivity index (χ4n) is 4.01. The van der Waals surface area contributed by atoms with Crippen molar-refractivity contribution >= 4 is 22.8 Å². The van der Waals surface area contributed by atoms with Gasteiger partial charge in [0.25, 0.3) is 0 Å². The number of rotatable bonds is 7. The van der Waals surface area contributed by atoms with Gasteiger partial charge in [0.2, 0.25) is 5.91 Å². The Bertz CT molecular complexity index is 1060. The van der Waals surface area contributed by atoms with Crippen LogP contribution >= 0.6 is 0 Å². The van der Waals surface area contributed by atoms with E-state index < -0.39 is 0 Å². The molecule has 162 valence electrons. The Hall–Kier alpha value is -3.35. The molecule has 3 aromatic rings. The molecule has 1 amide bonds. The van der Waals surface area contributed by atoms with Crippen molar-refractivity contribution in [2.24, 2.45) is 5.92 Å². The third kappa shape index (κ3) is 4.87. The third-order valence-corrected chi connectivity index (χ3v) is 5.71. The summed E-state index contributed by atoms with van der Waals surface area (Å²) in [5.74, 6) is 2.29. The second-order valence-corrected chi connectivity index (χ2v) is 7.73. The number of aromatic nitrogens is 2. The highest BCUT2D eigenvalue weighted by molar-refractivity contribution is 5.80. The van der Waals surface area contributed by atoms with E-state index in [0.29, 0.717) is 24.6 Å². The predicted octanol–water partition coefficient (Wildman–Crippen LogP) is 3.22. The van der Waals surface area contributed by atoms with Gasteiger partial charge in [-0.05, 0) is 49.1 Å². The maximum atomic E-state index is 12.8. The lowest BCUT2D eigenvalue weighted by Gasteiger charge is -2.32. The number of piperidine rings is 1. The van der Waals surface area contributed by atoms with E-state index in [1.807, 2.05) is 42.5 Å². The first-order chi connectivity index (χ1) is 15.2. The highest BCUT2D eigenvalue weighted by atomic mass is 16.5. The second kappa shape index (κ2) is 9.64. The van der Waals surface area contributed by atoms with Gasteiger partial charge >= 0.3 is 0 Å². The van der Waals surface area contributed by atoms with Crippen molar-refractivity contribution < 1.29 is 14.3 Å². The topological polar surface area (TPSA) is 76.6 Å². The molecule has 7 heteroatoms. The van der Waals surface area contributed by atoms with Gasteiger partial charge in [-0.2, -0.15) is 0 Å². The van der Waals surface area contributed by atoms with Crippen LogP contribution in [-0.4, -0.2) is 49.7 Å². The largest absolute Gasteiger partial charge is 0.493 e. The average Bonchev–Trinajstić information content (AvgIpc) is 2.83. The third-order valence-electron chi connectivity index (χ3n) is 5.71. The van der Waals surface area contributed by atoms with Crippen LogP contribution in [0.25, 0.3) is 11.0 Å². The molecule has 1 aromatic heterocycles. The van der Waals surface area contributed by atoms with Crippen molar-refractivity contribution in [3.63, 3.8) is 0 Å². The number of hydrogen-bond donors (Lipinski definition) is 1. The summed E-state index contributed by atoms with van der Waals surface area (Å²) in [5.41, 5.74) is 2.85. The second-order valence-electron chi connectivity index (χ2n) is 7.73. The van der Waals surface area contributed by atoms with E-state index in [1.54, 1.807) is 20.4 Å². The molecule has 0 spiro atoms. The van der Waals surface area contributed by atoms with Gasteiger partial charge in [-0.3, -0.25) is 9.78 Å². The molecular weight excluding hydrogens is 392 g/mol. The SMILES string of the molecule is COc1ccc(CCNC(=O)[C@H]2CCCN(c3cnc4ccccc4n3)C2)cc1OC. The molecule has 0 unspecified atom stereocenters. The number of benzene rings is 2. The van der Waals surface area contributed by atoms with Crippen LogP contribution in [0.3, 0.4) is 0 Å². The van der Waals surface area contributed by atoms with E-state index in [0.717, 1.165) is 48.2 Å². The Balaban J connectivity index is 1.33. The van der Waals surface area contributed by atoms with Gasteiger partial charge in [-0.25, -0.2) is 4.98 Å². The molecule has 0 bridgehead atoms. The van der Waals surface area contributed by atoms with Crippen molar-refractivity contribution in [1.82, 2.24) is 15.3 Å². The zero-order valence-corrected chi connectivity index (χ0v) is 18.0. The van der Waals surface area contributed by atoms with E-state index >= 15 is 0 Å². The number of methoxy groups -OCH3 is 2. The predicted molar refractivity (Wildman–Crippen MR) is 121 cm³/mol. The molecule has 0 aliphatic carbocycles. The van der Waals surface area contributed by atoms with Crippen molar-refractivity contribution in [2.45, 2.75) is 19.3 Å². The minimum absolute atomic E-state index is 0.0487. The molecule has 2 heterocycles. The first-order valence-corrected chi connectivity index (χ1v) is 10.6. The number of carbonyl (C=O) groups is 1. The Morgan fingerprint density at radius 1 is 1.13 bits per heavy atom. The summed E-state index contributed by atoms with van der Waals surface area (Å²) in [6.07, 6.45) is 4.39. The number of nitrogens with zero attached hydrogens (tertiary/aromatic N) is 3. The van der Waals surface area contributed by atoms with E-state index in [1.165, 1.54) is 0 Å².